The molecule has 0 spiro atoms. The van der Waals surface area contributed by atoms with Gasteiger partial charge in [-0.1, -0.05) is 18.2 Å². The number of nitrogens with one attached hydrogen (secondary N) is 1. The molecule has 1 heterocycles. The van der Waals surface area contributed by atoms with Gasteiger partial charge in [-0.05, 0) is 36.8 Å². The molecular weight excluding hydrogens is 427 g/mol. The van der Waals surface area contributed by atoms with Crippen LogP contribution in [-0.2, 0) is 21.4 Å². The smallest absolute Gasteiger partial charge is 0.262 e. The van der Waals surface area contributed by atoms with E-state index in [1.807, 2.05) is 0 Å². The molecule has 0 saturated heterocycles. The Hall–Kier alpha value is -2.33. The maximum Gasteiger partial charge on any atom is 0.262 e. The van der Waals surface area contributed by atoms with E-state index in [0.29, 0.717) is 20.5 Å². The van der Waals surface area contributed by atoms with Crippen molar-refractivity contribution in [2.45, 2.75) is 24.5 Å². The summed E-state index contributed by atoms with van der Waals surface area (Å²) in [6.07, 6.45) is 0. The van der Waals surface area contributed by atoms with Crippen LogP contribution in [0.15, 0.2) is 47.4 Å². The number of benzene rings is 2. The van der Waals surface area contributed by atoms with Crippen LogP contribution >= 0.6 is 11.3 Å². The number of halogens is 1. The van der Waals surface area contributed by atoms with Gasteiger partial charge >= 0.3 is 0 Å². The van der Waals surface area contributed by atoms with Crippen LogP contribution in [0.5, 0.6) is 0 Å². The maximum absolute atomic E-state index is 14.3. The molecule has 30 heavy (non-hydrogen) atoms. The number of hydrogen-bond donors (Lipinski definition) is 1. The minimum Gasteiger partial charge on any atom is -0.380 e. The second-order valence-corrected chi connectivity index (χ2v) is 10.2. The topological polar surface area (TPSA) is 75.7 Å². The Labute approximate surface area is 179 Å². The molecule has 9 heteroatoms. The van der Waals surface area contributed by atoms with Crippen molar-refractivity contribution < 1.29 is 22.3 Å². The number of ether oxygens (including phenoxy) is 1. The molecule has 1 amide bonds. The summed E-state index contributed by atoms with van der Waals surface area (Å²) < 4.78 is 45.8. The fourth-order valence-electron chi connectivity index (χ4n) is 3.12. The number of carbonyl (C=O) groups excluding carboxylic acids is 1. The minimum atomic E-state index is -3.52. The molecule has 1 aromatic heterocycles. The highest BCUT2D eigenvalue weighted by molar-refractivity contribution is 7.89. The van der Waals surface area contributed by atoms with Gasteiger partial charge in [0.05, 0.1) is 22.4 Å². The van der Waals surface area contributed by atoms with Gasteiger partial charge in [-0.3, -0.25) is 4.79 Å². The lowest BCUT2D eigenvalue weighted by Gasteiger charge is -2.16. The van der Waals surface area contributed by atoms with E-state index in [-0.39, 0.29) is 29.3 Å². The van der Waals surface area contributed by atoms with E-state index in [0.717, 1.165) is 9.87 Å². The van der Waals surface area contributed by atoms with Crippen LogP contribution in [0.4, 0.5) is 4.39 Å². The van der Waals surface area contributed by atoms with Crippen LogP contribution in [-0.4, -0.2) is 39.8 Å². The van der Waals surface area contributed by atoms with Crippen molar-refractivity contribution in [1.82, 2.24) is 9.62 Å². The van der Waals surface area contributed by atoms with E-state index >= 15 is 0 Å². The Kier molecular flexibility index (Phi) is 6.56. The first kappa shape index (κ1) is 22.4. The predicted molar refractivity (Wildman–Crippen MR) is 116 cm³/mol. The second kappa shape index (κ2) is 8.81. The van der Waals surface area contributed by atoms with E-state index in [2.05, 4.69) is 5.32 Å². The van der Waals surface area contributed by atoms with Crippen molar-refractivity contribution in [3.05, 3.63) is 64.3 Å². The summed E-state index contributed by atoms with van der Waals surface area (Å²) in [6.45, 7) is 1.92. The molecule has 0 fully saturated rings. The molecule has 3 aromatic rings. The Morgan fingerprint density at radius 1 is 1.20 bits per heavy atom. The van der Waals surface area contributed by atoms with E-state index < -0.39 is 10.0 Å². The van der Waals surface area contributed by atoms with E-state index in [9.17, 15) is 17.6 Å². The summed E-state index contributed by atoms with van der Waals surface area (Å²) in [5.41, 5.74) is 1.27. The largest absolute Gasteiger partial charge is 0.380 e. The van der Waals surface area contributed by atoms with E-state index in [1.54, 1.807) is 31.2 Å². The van der Waals surface area contributed by atoms with Crippen LogP contribution < -0.4 is 5.32 Å². The van der Waals surface area contributed by atoms with Crippen LogP contribution in [0.1, 0.15) is 33.8 Å². The van der Waals surface area contributed by atoms with E-state index in [4.69, 9.17) is 4.74 Å². The van der Waals surface area contributed by atoms with Gasteiger partial charge in [0.25, 0.3) is 5.91 Å². The SMILES string of the molecule is COCc1c(C(=O)NC(C)c2ccc(S(=O)(=O)N(C)C)cc2)sc2cccc(F)c12. The number of hydrogen-bond acceptors (Lipinski definition) is 5. The zero-order valence-corrected chi connectivity index (χ0v) is 18.7. The first-order valence-corrected chi connectivity index (χ1v) is 11.4. The lowest BCUT2D eigenvalue weighted by Crippen LogP contribution is -2.27. The van der Waals surface area contributed by atoms with Gasteiger partial charge in [-0.15, -0.1) is 11.3 Å². The molecule has 6 nitrogen and oxygen atoms in total. The average Bonchev–Trinajstić information content (AvgIpc) is 3.08. The van der Waals surface area contributed by atoms with Gasteiger partial charge in [-0.2, -0.15) is 0 Å². The first-order valence-electron chi connectivity index (χ1n) is 9.19. The van der Waals surface area contributed by atoms with Crippen molar-refractivity contribution in [3.63, 3.8) is 0 Å². The number of sulfonamides is 1. The summed E-state index contributed by atoms with van der Waals surface area (Å²) in [6, 6.07) is 10.7. The summed E-state index contributed by atoms with van der Waals surface area (Å²) in [4.78, 5) is 13.5. The monoisotopic (exact) mass is 450 g/mol. The molecule has 1 atom stereocenters. The third-order valence-corrected chi connectivity index (χ3v) is 7.79. The highest BCUT2D eigenvalue weighted by Crippen LogP contribution is 2.34. The third-order valence-electron chi connectivity index (χ3n) is 4.76. The molecule has 0 radical (unpaired) electrons. The zero-order chi connectivity index (χ0) is 22.1. The summed E-state index contributed by atoms with van der Waals surface area (Å²) in [7, 11) is 0.920. The van der Waals surface area contributed by atoms with Crippen LogP contribution in [0.25, 0.3) is 10.1 Å². The minimum absolute atomic E-state index is 0.120. The molecule has 0 saturated carbocycles. The van der Waals surface area contributed by atoms with Crippen LogP contribution in [0, 0.1) is 5.82 Å². The lowest BCUT2D eigenvalue weighted by molar-refractivity contribution is 0.0939. The van der Waals surface area contributed by atoms with Gasteiger partial charge in [0.15, 0.2) is 0 Å². The van der Waals surface area contributed by atoms with Crippen molar-refractivity contribution in [2.24, 2.45) is 0 Å². The molecular formula is C21H23FN2O4S2. The first-order chi connectivity index (χ1) is 14.2. The van der Waals surface area contributed by atoms with Gasteiger partial charge in [-0.25, -0.2) is 17.1 Å². The van der Waals surface area contributed by atoms with Gasteiger partial charge in [0, 0.05) is 36.9 Å². The van der Waals surface area contributed by atoms with Crippen LogP contribution in [0.3, 0.4) is 0 Å². The molecule has 1 N–H and O–H groups in total. The molecule has 0 aliphatic rings. The van der Waals surface area contributed by atoms with Crippen LogP contribution in [0.2, 0.25) is 0 Å². The molecule has 2 aromatic carbocycles. The zero-order valence-electron chi connectivity index (χ0n) is 17.1. The van der Waals surface area contributed by atoms with E-state index in [1.165, 1.54) is 50.7 Å². The normalized spacial score (nSPS) is 13.0. The van der Waals surface area contributed by atoms with Crippen molar-refractivity contribution >= 4 is 37.4 Å². The Balaban J connectivity index is 1.86. The maximum atomic E-state index is 14.3. The molecule has 3 rings (SSSR count). The number of rotatable bonds is 7. The number of thiophene rings is 1. The molecule has 0 aliphatic heterocycles. The quantitative estimate of drug-likeness (QED) is 0.592. The number of carbonyl (C=O) groups is 1. The number of nitrogens with zero attached hydrogens (tertiary/aromatic N) is 1. The van der Waals surface area contributed by atoms with Crippen molar-refractivity contribution in [1.29, 1.82) is 0 Å². The van der Waals surface area contributed by atoms with Crippen molar-refractivity contribution in [2.75, 3.05) is 21.2 Å². The number of amides is 1. The summed E-state index contributed by atoms with van der Waals surface area (Å²) in [5, 5.41) is 3.31. The molecule has 1 unspecified atom stereocenters. The second-order valence-electron chi connectivity index (χ2n) is 7.01. The lowest BCUT2D eigenvalue weighted by atomic mass is 10.1. The summed E-state index contributed by atoms with van der Waals surface area (Å²) >= 11 is 1.22. The van der Waals surface area contributed by atoms with Crippen molar-refractivity contribution in [3.8, 4) is 0 Å². The Bertz CT molecular complexity index is 1170. The fraction of sp³-hybridized carbons (Fsp3) is 0.286. The Morgan fingerprint density at radius 3 is 2.47 bits per heavy atom. The summed E-state index contributed by atoms with van der Waals surface area (Å²) in [5.74, 6) is -0.722. The average molecular weight is 451 g/mol. The number of methoxy groups -OCH3 is 1. The highest BCUT2D eigenvalue weighted by Gasteiger charge is 2.23. The van der Waals surface area contributed by atoms with Gasteiger partial charge < -0.3 is 10.1 Å². The fourth-order valence-corrected chi connectivity index (χ4v) is 5.14. The molecule has 160 valence electrons. The standard InChI is InChI=1S/C21H23FN2O4S2/c1-13(14-8-10-15(11-9-14)30(26,27)24(2)3)23-21(25)20-16(12-28-4)19-17(22)6-5-7-18(19)29-20/h5-11,13H,12H2,1-4H3,(H,23,25). The molecule has 0 aliphatic carbocycles. The number of fused-ring (bicyclic) bond motifs is 1. The molecule has 0 bridgehead atoms. The van der Waals surface area contributed by atoms with Gasteiger partial charge in [0.1, 0.15) is 5.82 Å². The Morgan fingerprint density at radius 2 is 1.87 bits per heavy atom. The predicted octanol–water partition coefficient (Wildman–Crippen LogP) is 3.93. The highest BCUT2D eigenvalue weighted by atomic mass is 32.2. The van der Waals surface area contributed by atoms with Gasteiger partial charge in [0.2, 0.25) is 10.0 Å². The third kappa shape index (κ3) is 4.24.